The number of anilines is 1. The molecule has 1 aromatic carbocycles. The van der Waals surface area contributed by atoms with Crippen LogP contribution in [-0.4, -0.2) is 24.7 Å². The highest BCUT2D eigenvalue weighted by atomic mass is 79.9. The van der Waals surface area contributed by atoms with Gasteiger partial charge in [0.25, 0.3) is 5.69 Å². The number of ether oxygens (including phenoxy) is 1. The third-order valence-corrected chi connectivity index (χ3v) is 4.06. The number of hydrogen-bond donors (Lipinski definition) is 1. The number of nitro groups is 1. The van der Waals surface area contributed by atoms with E-state index in [1.807, 2.05) is 6.07 Å². The van der Waals surface area contributed by atoms with Crippen molar-refractivity contribution in [3.05, 3.63) is 32.3 Å². The second-order valence-electron chi connectivity index (χ2n) is 4.81. The molecule has 1 heterocycles. The van der Waals surface area contributed by atoms with Crippen molar-refractivity contribution in [2.24, 2.45) is 5.92 Å². The van der Waals surface area contributed by atoms with Crippen molar-refractivity contribution >= 4 is 27.3 Å². The van der Waals surface area contributed by atoms with E-state index in [2.05, 4.69) is 21.2 Å². The number of hydrogen-bond acceptors (Lipinski definition) is 4. The number of benzene rings is 1. The molecule has 19 heavy (non-hydrogen) atoms. The van der Waals surface area contributed by atoms with Gasteiger partial charge < -0.3 is 10.1 Å². The van der Waals surface area contributed by atoms with Gasteiger partial charge in [-0.25, -0.2) is 0 Å². The molecule has 1 aliphatic heterocycles. The summed E-state index contributed by atoms with van der Waals surface area (Å²) >= 11 is 3.38. The molecule has 1 fully saturated rings. The number of nitrogens with zero attached hydrogens (tertiary/aromatic N) is 1. The first-order valence-electron chi connectivity index (χ1n) is 6.34. The maximum absolute atomic E-state index is 10.8. The zero-order chi connectivity index (χ0) is 13.8. The number of aryl methyl sites for hydroxylation is 1. The highest BCUT2D eigenvalue weighted by Crippen LogP contribution is 2.31. The van der Waals surface area contributed by atoms with E-state index >= 15 is 0 Å². The van der Waals surface area contributed by atoms with Crippen LogP contribution >= 0.6 is 15.9 Å². The minimum atomic E-state index is -0.359. The van der Waals surface area contributed by atoms with E-state index < -0.39 is 0 Å². The Kier molecular flexibility index (Phi) is 4.76. The maximum Gasteiger partial charge on any atom is 0.273 e. The Hall–Kier alpha value is -1.14. The fraction of sp³-hybridized carbons (Fsp3) is 0.538. The van der Waals surface area contributed by atoms with Gasteiger partial charge in [0.05, 0.1) is 4.92 Å². The molecule has 104 valence electrons. The summed E-state index contributed by atoms with van der Waals surface area (Å²) in [5.74, 6) is 0.608. The highest BCUT2D eigenvalue weighted by Gasteiger charge is 2.16. The van der Waals surface area contributed by atoms with Gasteiger partial charge in [-0.3, -0.25) is 10.1 Å². The zero-order valence-electron chi connectivity index (χ0n) is 10.8. The molecular formula is C13H17BrN2O3. The van der Waals surface area contributed by atoms with Gasteiger partial charge in [0.2, 0.25) is 0 Å². The lowest BCUT2D eigenvalue weighted by Crippen LogP contribution is -2.22. The van der Waals surface area contributed by atoms with Gasteiger partial charge >= 0.3 is 0 Å². The second-order valence-corrected chi connectivity index (χ2v) is 5.67. The number of halogens is 1. The zero-order valence-corrected chi connectivity index (χ0v) is 12.4. The fourth-order valence-corrected chi connectivity index (χ4v) is 2.68. The van der Waals surface area contributed by atoms with Crippen LogP contribution in [0.2, 0.25) is 0 Å². The summed E-state index contributed by atoms with van der Waals surface area (Å²) in [6.45, 7) is 4.28. The summed E-state index contributed by atoms with van der Waals surface area (Å²) in [5, 5.41) is 14.2. The lowest BCUT2D eigenvalue weighted by molar-refractivity contribution is -0.385. The van der Waals surface area contributed by atoms with Crippen LogP contribution in [0.4, 0.5) is 11.4 Å². The molecular weight excluding hydrogens is 312 g/mol. The number of nitro benzene ring substituents is 1. The van der Waals surface area contributed by atoms with E-state index in [0.717, 1.165) is 42.8 Å². The molecule has 0 atom stereocenters. The smallest absolute Gasteiger partial charge is 0.273 e. The van der Waals surface area contributed by atoms with E-state index in [0.29, 0.717) is 11.5 Å². The van der Waals surface area contributed by atoms with E-state index in [9.17, 15) is 10.1 Å². The normalized spacial score (nSPS) is 16.3. The van der Waals surface area contributed by atoms with Crippen LogP contribution in [-0.2, 0) is 4.74 Å². The fourth-order valence-electron chi connectivity index (χ4n) is 2.21. The van der Waals surface area contributed by atoms with Crippen molar-refractivity contribution in [1.82, 2.24) is 0 Å². The van der Waals surface area contributed by atoms with Crippen molar-refractivity contribution in [2.75, 3.05) is 25.1 Å². The molecule has 2 rings (SSSR count). The Balaban J connectivity index is 2.04. The summed E-state index contributed by atoms with van der Waals surface area (Å²) < 4.78 is 6.06. The number of rotatable bonds is 4. The maximum atomic E-state index is 10.8. The average Bonchev–Trinajstić information content (AvgIpc) is 2.40. The van der Waals surface area contributed by atoms with Crippen molar-refractivity contribution in [1.29, 1.82) is 0 Å². The molecule has 1 aromatic rings. The Morgan fingerprint density at radius 1 is 1.47 bits per heavy atom. The van der Waals surface area contributed by atoms with Gasteiger partial charge in [-0.15, -0.1) is 0 Å². The summed E-state index contributed by atoms with van der Waals surface area (Å²) in [6, 6.07) is 3.38. The SMILES string of the molecule is Cc1cc(NCC2CCOCC2)c(Br)cc1[N+](=O)[O-]. The average molecular weight is 329 g/mol. The molecule has 0 aromatic heterocycles. The first-order chi connectivity index (χ1) is 9.08. The molecule has 0 bridgehead atoms. The second kappa shape index (κ2) is 6.34. The topological polar surface area (TPSA) is 64.4 Å². The summed E-state index contributed by atoms with van der Waals surface area (Å²) in [6.07, 6.45) is 2.13. The van der Waals surface area contributed by atoms with Crippen molar-refractivity contribution in [3.8, 4) is 0 Å². The van der Waals surface area contributed by atoms with Gasteiger partial charge in [-0.2, -0.15) is 0 Å². The van der Waals surface area contributed by atoms with Crippen LogP contribution in [0.1, 0.15) is 18.4 Å². The Morgan fingerprint density at radius 3 is 2.79 bits per heavy atom. The van der Waals surface area contributed by atoms with Crippen molar-refractivity contribution < 1.29 is 9.66 Å². The largest absolute Gasteiger partial charge is 0.384 e. The van der Waals surface area contributed by atoms with Crippen LogP contribution in [0.5, 0.6) is 0 Å². The monoisotopic (exact) mass is 328 g/mol. The van der Waals surface area contributed by atoms with Crippen LogP contribution in [0.15, 0.2) is 16.6 Å². The predicted octanol–water partition coefficient (Wildman–Crippen LogP) is 3.50. The standard InChI is InChI=1S/C13H17BrN2O3/c1-9-6-12(11(14)7-13(9)16(17)18)15-8-10-2-4-19-5-3-10/h6-7,10,15H,2-5,8H2,1H3. The lowest BCUT2D eigenvalue weighted by atomic mass is 10.0. The first kappa shape index (κ1) is 14.3. The Morgan fingerprint density at radius 2 is 2.16 bits per heavy atom. The molecule has 0 radical (unpaired) electrons. The van der Waals surface area contributed by atoms with Gasteiger partial charge in [-0.05, 0) is 47.7 Å². The molecule has 0 saturated carbocycles. The van der Waals surface area contributed by atoms with Crippen molar-refractivity contribution in [2.45, 2.75) is 19.8 Å². The number of nitrogens with one attached hydrogen (secondary N) is 1. The van der Waals surface area contributed by atoms with E-state index in [1.165, 1.54) is 0 Å². The quantitative estimate of drug-likeness (QED) is 0.678. The summed E-state index contributed by atoms with van der Waals surface area (Å²) in [7, 11) is 0. The van der Waals surface area contributed by atoms with Gasteiger partial charge in [0, 0.05) is 41.5 Å². The molecule has 0 amide bonds. The molecule has 1 saturated heterocycles. The molecule has 0 aliphatic carbocycles. The summed E-state index contributed by atoms with van der Waals surface area (Å²) in [4.78, 5) is 10.5. The minimum Gasteiger partial charge on any atom is -0.384 e. The van der Waals surface area contributed by atoms with Crippen LogP contribution in [0.25, 0.3) is 0 Å². The Labute approximate surface area is 120 Å². The molecule has 5 nitrogen and oxygen atoms in total. The van der Waals surface area contributed by atoms with Crippen molar-refractivity contribution in [3.63, 3.8) is 0 Å². The van der Waals surface area contributed by atoms with Gasteiger partial charge in [0.1, 0.15) is 0 Å². The molecule has 6 heteroatoms. The van der Waals surface area contributed by atoms with Gasteiger partial charge in [0.15, 0.2) is 0 Å². The van der Waals surface area contributed by atoms with E-state index in [-0.39, 0.29) is 10.6 Å². The predicted molar refractivity (Wildman–Crippen MR) is 77.6 cm³/mol. The summed E-state index contributed by atoms with van der Waals surface area (Å²) in [5.41, 5.74) is 1.72. The Bertz CT molecular complexity index is 473. The minimum absolute atomic E-state index is 0.142. The molecule has 1 N–H and O–H groups in total. The third kappa shape index (κ3) is 3.67. The molecule has 1 aliphatic rings. The lowest BCUT2D eigenvalue weighted by Gasteiger charge is -2.23. The highest BCUT2D eigenvalue weighted by molar-refractivity contribution is 9.10. The van der Waals surface area contributed by atoms with E-state index in [4.69, 9.17) is 4.74 Å². The molecule has 0 spiro atoms. The van der Waals surface area contributed by atoms with E-state index in [1.54, 1.807) is 13.0 Å². The van der Waals surface area contributed by atoms with Crippen LogP contribution < -0.4 is 5.32 Å². The van der Waals surface area contributed by atoms with Crippen LogP contribution in [0.3, 0.4) is 0 Å². The first-order valence-corrected chi connectivity index (χ1v) is 7.13. The third-order valence-electron chi connectivity index (χ3n) is 3.40. The van der Waals surface area contributed by atoms with Gasteiger partial charge in [-0.1, -0.05) is 0 Å². The molecule has 0 unspecified atom stereocenters. The van der Waals surface area contributed by atoms with Crippen LogP contribution in [0, 0.1) is 23.0 Å².